The lowest BCUT2D eigenvalue weighted by Gasteiger charge is -2.13. The van der Waals surface area contributed by atoms with Crippen LogP contribution >= 0.6 is 9.24 Å². The lowest BCUT2D eigenvalue weighted by Crippen LogP contribution is -2.01. The van der Waals surface area contributed by atoms with E-state index in [1.807, 2.05) is 0 Å². The van der Waals surface area contributed by atoms with E-state index in [0.717, 1.165) is 5.92 Å². The Morgan fingerprint density at radius 3 is 1.75 bits per heavy atom. The molecule has 0 nitrogen and oxygen atoms in total. The lowest BCUT2D eigenvalue weighted by atomic mass is 9.98. The zero-order valence-corrected chi connectivity index (χ0v) is 7.09. The Balaban J connectivity index is 3.64. The lowest BCUT2D eigenvalue weighted by molar-refractivity contribution is 0.498. The minimum Gasteiger partial charge on any atom is -0.110 e. The van der Waals surface area contributed by atoms with E-state index in [9.17, 15) is 0 Å². The fraction of sp³-hybridized carbons (Fsp3) is 0.714. The Morgan fingerprint density at radius 2 is 1.75 bits per heavy atom. The normalized spacial score (nSPS) is 14.1. The minimum absolute atomic E-state index is 0.639. The van der Waals surface area contributed by atoms with Crippen molar-refractivity contribution in [2.24, 2.45) is 11.8 Å². The molecule has 0 saturated carbocycles. The van der Waals surface area contributed by atoms with Crippen LogP contribution in [-0.2, 0) is 0 Å². The summed E-state index contributed by atoms with van der Waals surface area (Å²) in [4.78, 5) is 0. The van der Waals surface area contributed by atoms with E-state index >= 15 is 0 Å². The van der Waals surface area contributed by atoms with Gasteiger partial charge in [0.15, 0.2) is 0 Å². The van der Waals surface area contributed by atoms with Crippen LogP contribution in [0.25, 0.3) is 0 Å². The Bertz CT molecular complexity index is 84.4. The van der Waals surface area contributed by atoms with Crippen LogP contribution < -0.4 is 0 Å². The van der Waals surface area contributed by atoms with E-state index in [1.54, 1.807) is 0 Å². The molecule has 0 heterocycles. The SMILES string of the molecule is C=C(P)C(C)C(C)C. The van der Waals surface area contributed by atoms with E-state index in [2.05, 4.69) is 36.6 Å². The summed E-state index contributed by atoms with van der Waals surface area (Å²) in [6, 6.07) is 0. The fourth-order valence-corrected chi connectivity index (χ4v) is 0.813. The molecule has 0 radical (unpaired) electrons. The maximum atomic E-state index is 3.84. The highest BCUT2D eigenvalue weighted by atomic mass is 31.0. The van der Waals surface area contributed by atoms with Crippen LogP contribution in [0.5, 0.6) is 0 Å². The molecule has 0 aromatic heterocycles. The van der Waals surface area contributed by atoms with Gasteiger partial charge in [-0.2, -0.15) is 0 Å². The molecule has 8 heavy (non-hydrogen) atoms. The predicted molar refractivity (Wildman–Crippen MR) is 42.9 cm³/mol. The molecule has 0 aliphatic carbocycles. The van der Waals surface area contributed by atoms with Crippen LogP contribution in [0.2, 0.25) is 0 Å². The van der Waals surface area contributed by atoms with E-state index < -0.39 is 0 Å². The summed E-state index contributed by atoms with van der Waals surface area (Å²) in [7, 11) is 2.65. The molecule has 0 bridgehead atoms. The monoisotopic (exact) mass is 130 g/mol. The van der Waals surface area contributed by atoms with Gasteiger partial charge in [-0.3, -0.25) is 0 Å². The summed E-state index contributed by atoms with van der Waals surface area (Å²) in [6.45, 7) is 10.5. The van der Waals surface area contributed by atoms with Crippen molar-refractivity contribution in [3.63, 3.8) is 0 Å². The maximum absolute atomic E-state index is 3.84. The Kier molecular flexibility index (Phi) is 3.31. The summed E-state index contributed by atoms with van der Waals surface area (Å²) in [6.07, 6.45) is 0. The van der Waals surface area contributed by atoms with Crippen LogP contribution in [-0.4, -0.2) is 0 Å². The molecule has 2 atom stereocenters. The van der Waals surface area contributed by atoms with Crippen molar-refractivity contribution in [3.05, 3.63) is 11.9 Å². The second-order valence-electron chi connectivity index (χ2n) is 2.61. The van der Waals surface area contributed by atoms with Crippen molar-refractivity contribution in [3.8, 4) is 0 Å². The summed E-state index contributed by atoms with van der Waals surface area (Å²) in [5, 5.41) is 1.21. The highest BCUT2D eigenvalue weighted by molar-refractivity contribution is 7.22. The molecular weight excluding hydrogens is 115 g/mol. The quantitative estimate of drug-likeness (QED) is 0.504. The van der Waals surface area contributed by atoms with E-state index in [0.29, 0.717) is 5.92 Å². The van der Waals surface area contributed by atoms with Crippen LogP contribution in [0.4, 0.5) is 0 Å². The summed E-state index contributed by atoms with van der Waals surface area (Å²) < 4.78 is 0. The van der Waals surface area contributed by atoms with Gasteiger partial charge in [-0.1, -0.05) is 32.7 Å². The summed E-state index contributed by atoms with van der Waals surface area (Å²) in [5.41, 5.74) is 0. The van der Waals surface area contributed by atoms with Crippen molar-refractivity contribution in [2.45, 2.75) is 20.8 Å². The van der Waals surface area contributed by atoms with E-state index in [-0.39, 0.29) is 0 Å². The first-order chi connectivity index (χ1) is 3.55. The van der Waals surface area contributed by atoms with Gasteiger partial charge in [0.05, 0.1) is 0 Å². The highest BCUT2D eigenvalue weighted by Gasteiger charge is 2.05. The first-order valence-corrected chi connectivity index (χ1v) is 3.57. The fourth-order valence-electron chi connectivity index (χ4n) is 0.428. The van der Waals surface area contributed by atoms with Gasteiger partial charge in [0, 0.05) is 0 Å². The second-order valence-corrected chi connectivity index (χ2v) is 3.35. The molecule has 0 amide bonds. The number of hydrogen-bond acceptors (Lipinski definition) is 0. The zero-order valence-electron chi connectivity index (χ0n) is 5.94. The minimum atomic E-state index is 0.639. The third-order valence-corrected chi connectivity index (χ3v) is 2.11. The summed E-state index contributed by atoms with van der Waals surface area (Å²) in [5.74, 6) is 1.36. The largest absolute Gasteiger partial charge is 0.110 e. The average Bonchev–Trinajstić information content (AvgIpc) is 1.64. The summed E-state index contributed by atoms with van der Waals surface area (Å²) >= 11 is 0. The number of rotatable bonds is 2. The van der Waals surface area contributed by atoms with Gasteiger partial charge in [-0.15, -0.1) is 9.24 Å². The van der Waals surface area contributed by atoms with Crippen molar-refractivity contribution in [2.75, 3.05) is 0 Å². The van der Waals surface area contributed by atoms with Gasteiger partial charge in [-0.05, 0) is 11.8 Å². The maximum Gasteiger partial charge on any atom is -0.0174 e. The van der Waals surface area contributed by atoms with Crippen LogP contribution in [0.1, 0.15) is 20.8 Å². The number of allylic oxidation sites excluding steroid dienone is 1. The standard InChI is InChI=1S/C7H15P/c1-5(2)6(3)7(4)8/h5-6H,4,8H2,1-3H3. The topological polar surface area (TPSA) is 0 Å². The zero-order chi connectivity index (χ0) is 6.73. The van der Waals surface area contributed by atoms with Gasteiger partial charge >= 0.3 is 0 Å². The Hall–Kier alpha value is 0.170. The van der Waals surface area contributed by atoms with Gasteiger partial charge in [0.25, 0.3) is 0 Å². The van der Waals surface area contributed by atoms with Crippen molar-refractivity contribution in [1.29, 1.82) is 0 Å². The molecule has 0 aliphatic rings. The average molecular weight is 130 g/mol. The predicted octanol–water partition coefficient (Wildman–Crippen LogP) is 2.67. The van der Waals surface area contributed by atoms with Gasteiger partial charge < -0.3 is 0 Å². The smallest absolute Gasteiger partial charge is 0.0174 e. The first-order valence-electron chi connectivity index (χ1n) is 3.00. The van der Waals surface area contributed by atoms with Crippen LogP contribution in [0, 0.1) is 11.8 Å². The molecule has 0 N–H and O–H groups in total. The van der Waals surface area contributed by atoms with Gasteiger partial charge in [0.1, 0.15) is 0 Å². The molecule has 2 unspecified atom stereocenters. The van der Waals surface area contributed by atoms with Gasteiger partial charge in [0.2, 0.25) is 0 Å². The second kappa shape index (κ2) is 3.25. The molecule has 0 saturated heterocycles. The first kappa shape index (κ1) is 8.17. The molecular formula is C7H15P. The van der Waals surface area contributed by atoms with Crippen LogP contribution in [0.15, 0.2) is 11.9 Å². The molecule has 0 aromatic rings. The van der Waals surface area contributed by atoms with E-state index in [4.69, 9.17) is 0 Å². The molecule has 0 aliphatic heterocycles. The molecule has 48 valence electrons. The highest BCUT2D eigenvalue weighted by Crippen LogP contribution is 2.22. The Labute approximate surface area is 54.6 Å². The molecule has 0 rings (SSSR count). The molecule has 0 spiro atoms. The van der Waals surface area contributed by atoms with E-state index in [1.165, 1.54) is 5.31 Å². The van der Waals surface area contributed by atoms with Crippen molar-refractivity contribution < 1.29 is 0 Å². The van der Waals surface area contributed by atoms with Crippen LogP contribution in [0.3, 0.4) is 0 Å². The number of hydrogen-bond donors (Lipinski definition) is 0. The van der Waals surface area contributed by atoms with Gasteiger partial charge in [-0.25, -0.2) is 0 Å². The molecule has 0 aromatic carbocycles. The Morgan fingerprint density at radius 1 is 1.38 bits per heavy atom. The van der Waals surface area contributed by atoms with Crippen molar-refractivity contribution >= 4 is 9.24 Å². The molecule has 1 heteroatoms. The third kappa shape index (κ3) is 2.47. The molecule has 0 fully saturated rings. The van der Waals surface area contributed by atoms with Crippen molar-refractivity contribution in [1.82, 2.24) is 0 Å². The third-order valence-electron chi connectivity index (χ3n) is 1.58.